The number of methoxy groups -OCH3 is 3. The predicted octanol–water partition coefficient (Wildman–Crippen LogP) is 4.46. The number of anilines is 1. The molecular formula is C25H31N3O4. The minimum atomic E-state index is -0.107. The Morgan fingerprint density at radius 2 is 1.66 bits per heavy atom. The molecule has 0 spiro atoms. The minimum Gasteiger partial charge on any atom is -0.496 e. The molecule has 1 aliphatic rings. The number of amides is 1. The highest BCUT2D eigenvalue weighted by Crippen LogP contribution is 2.41. The van der Waals surface area contributed by atoms with Crippen LogP contribution in [-0.4, -0.2) is 57.3 Å². The molecule has 0 bridgehead atoms. The molecule has 1 amide bonds. The van der Waals surface area contributed by atoms with Crippen molar-refractivity contribution in [3.63, 3.8) is 0 Å². The average molecular weight is 438 g/mol. The van der Waals surface area contributed by atoms with Crippen LogP contribution in [0, 0.1) is 0 Å². The van der Waals surface area contributed by atoms with Crippen molar-refractivity contribution in [1.82, 2.24) is 9.88 Å². The fraction of sp³-hybridized carbons (Fsp3) is 0.400. The number of ether oxygens (including phenoxy) is 3. The quantitative estimate of drug-likeness (QED) is 0.591. The molecule has 7 heteroatoms. The molecule has 1 fully saturated rings. The number of rotatable bonds is 7. The molecule has 0 radical (unpaired) electrons. The number of nitrogens with zero attached hydrogens (tertiary/aromatic N) is 2. The Kier molecular flexibility index (Phi) is 6.44. The zero-order valence-corrected chi connectivity index (χ0v) is 19.2. The molecular weight excluding hydrogens is 406 g/mol. The number of nitrogens with one attached hydrogen (secondary N) is 1. The molecule has 4 rings (SSSR count). The van der Waals surface area contributed by atoms with Crippen molar-refractivity contribution in [2.75, 3.05) is 46.4 Å². The standard InChI is InChI=1S/C25H31N3O4/c1-27(16-17-8-10-18(11-9-17)28-12-6-5-7-13-28)25(29)20-14-19-21(30-2)15-22(31-3)24(32-4)23(19)26-20/h8-11,14-15,26H,5-7,12-13,16H2,1-4H3. The largest absolute Gasteiger partial charge is 0.496 e. The van der Waals surface area contributed by atoms with Crippen molar-refractivity contribution in [3.05, 3.63) is 47.7 Å². The molecule has 1 aliphatic heterocycles. The normalized spacial score (nSPS) is 13.8. The highest BCUT2D eigenvalue weighted by atomic mass is 16.5. The first-order valence-electron chi connectivity index (χ1n) is 11.0. The molecule has 3 aromatic rings. The van der Waals surface area contributed by atoms with E-state index in [2.05, 4.69) is 34.1 Å². The summed E-state index contributed by atoms with van der Waals surface area (Å²) < 4.78 is 16.4. The van der Waals surface area contributed by atoms with Crippen LogP contribution in [0.2, 0.25) is 0 Å². The summed E-state index contributed by atoms with van der Waals surface area (Å²) in [5.41, 5.74) is 3.49. The fourth-order valence-corrected chi connectivity index (χ4v) is 4.37. The van der Waals surface area contributed by atoms with Gasteiger partial charge in [-0.15, -0.1) is 0 Å². The third kappa shape index (κ3) is 4.20. The average Bonchev–Trinajstić information content (AvgIpc) is 3.28. The summed E-state index contributed by atoms with van der Waals surface area (Å²) in [5, 5.41) is 0.771. The molecule has 7 nitrogen and oxygen atoms in total. The maximum atomic E-state index is 13.2. The van der Waals surface area contributed by atoms with Gasteiger partial charge in [0.15, 0.2) is 11.5 Å². The number of piperidine rings is 1. The maximum absolute atomic E-state index is 13.2. The first kappa shape index (κ1) is 21.9. The number of hydrogen-bond donors (Lipinski definition) is 1. The number of carbonyl (C=O) groups is 1. The van der Waals surface area contributed by atoms with Gasteiger partial charge in [-0.1, -0.05) is 12.1 Å². The first-order chi connectivity index (χ1) is 15.5. The van der Waals surface area contributed by atoms with Crippen molar-refractivity contribution < 1.29 is 19.0 Å². The van der Waals surface area contributed by atoms with Crippen LogP contribution in [0.3, 0.4) is 0 Å². The summed E-state index contributed by atoms with van der Waals surface area (Å²) in [6, 6.07) is 12.1. The Bertz CT molecular complexity index is 1080. The van der Waals surface area contributed by atoms with Crippen LogP contribution in [0.25, 0.3) is 10.9 Å². The van der Waals surface area contributed by atoms with Gasteiger partial charge in [0.25, 0.3) is 5.91 Å². The lowest BCUT2D eigenvalue weighted by Gasteiger charge is -2.29. The molecule has 1 saturated heterocycles. The van der Waals surface area contributed by atoms with E-state index in [4.69, 9.17) is 14.2 Å². The zero-order chi connectivity index (χ0) is 22.7. The summed E-state index contributed by atoms with van der Waals surface area (Å²) in [4.78, 5) is 20.5. The van der Waals surface area contributed by atoms with E-state index in [1.54, 1.807) is 45.4 Å². The SMILES string of the molecule is COc1cc(OC)c2cc(C(=O)N(C)Cc3ccc(N4CCCCC4)cc3)[nH]c2c1OC. The van der Waals surface area contributed by atoms with Gasteiger partial charge in [0.1, 0.15) is 11.4 Å². The molecule has 1 aromatic heterocycles. The smallest absolute Gasteiger partial charge is 0.270 e. The highest BCUT2D eigenvalue weighted by Gasteiger charge is 2.21. The van der Waals surface area contributed by atoms with E-state index in [0.717, 1.165) is 24.0 Å². The van der Waals surface area contributed by atoms with Gasteiger partial charge in [-0.3, -0.25) is 4.79 Å². The van der Waals surface area contributed by atoms with E-state index in [1.807, 2.05) is 0 Å². The maximum Gasteiger partial charge on any atom is 0.270 e. The second-order valence-electron chi connectivity index (χ2n) is 8.16. The van der Waals surface area contributed by atoms with E-state index < -0.39 is 0 Å². The fourth-order valence-electron chi connectivity index (χ4n) is 4.37. The van der Waals surface area contributed by atoms with Crippen LogP contribution in [0.5, 0.6) is 17.2 Å². The van der Waals surface area contributed by atoms with E-state index in [9.17, 15) is 4.79 Å². The van der Waals surface area contributed by atoms with Gasteiger partial charge < -0.3 is 29.0 Å². The minimum absolute atomic E-state index is 0.107. The molecule has 2 heterocycles. The van der Waals surface area contributed by atoms with E-state index in [-0.39, 0.29) is 5.91 Å². The number of H-pyrrole nitrogens is 1. The molecule has 2 aromatic carbocycles. The van der Waals surface area contributed by atoms with Gasteiger partial charge in [-0.25, -0.2) is 0 Å². The molecule has 0 atom stereocenters. The third-order valence-corrected chi connectivity index (χ3v) is 6.09. The number of hydrogen-bond acceptors (Lipinski definition) is 5. The van der Waals surface area contributed by atoms with E-state index in [0.29, 0.717) is 35.0 Å². The molecule has 170 valence electrons. The van der Waals surface area contributed by atoms with Crippen LogP contribution in [-0.2, 0) is 6.54 Å². The van der Waals surface area contributed by atoms with Gasteiger partial charge in [-0.2, -0.15) is 0 Å². The van der Waals surface area contributed by atoms with Crippen LogP contribution in [0.1, 0.15) is 35.3 Å². The van der Waals surface area contributed by atoms with Gasteiger partial charge in [0.2, 0.25) is 0 Å². The summed E-state index contributed by atoms with van der Waals surface area (Å²) in [7, 11) is 6.55. The second kappa shape index (κ2) is 9.42. The third-order valence-electron chi connectivity index (χ3n) is 6.09. The molecule has 32 heavy (non-hydrogen) atoms. The number of aromatic amines is 1. The number of aromatic nitrogens is 1. The summed E-state index contributed by atoms with van der Waals surface area (Å²) >= 11 is 0. The van der Waals surface area contributed by atoms with Gasteiger partial charge >= 0.3 is 0 Å². The summed E-state index contributed by atoms with van der Waals surface area (Å²) in [6.45, 7) is 2.76. The van der Waals surface area contributed by atoms with Crippen molar-refractivity contribution in [3.8, 4) is 17.2 Å². The monoisotopic (exact) mass is 437 g/mol. The lowest BCUT2D eigenvalue weighted by molar-refractivity contribution is 0.0780. The number of carbonyl (C=O) groups excluding carboxylic acids is 1. The van der Waals surface area contributed by atoms with E-state index >= 15 is 0 Å². The van der Waals surface area contributed by atoms with E-state index in [1.165, 1.54) is 24.9 Å². The number of fused-ring (bicyclic) bond motifs is 1. The lowest BCUT2D eigenvalue weighted by atomic mass is 10.1. The Morgan fingerprint density at radius 3 is 2.28 bits per heavy atom. The van der Waals surface area contributed by atoms with Crippen LogP contribution in [0.15, 0.2) is 36.4 Å². The second-order valence-corrected chi connectivity index (χ2v) is 8.16. The van der Waals surface area contributed by atoms with Crippen molar-refractivity contribution in [1.29, 1.82) is 0 Å². The van der Waals surface area contributed by atoms with Crippen molar-refractivity contribution in [2.24, 2.45) is 0 Å². The van der Waals surface area contributed by atoms with Crippen LogP contribution in [0.4, 0.5) is 5.69 Å². The van der Waals surface area contributed by atoms with Gasteiger partial charge in [0, 0.05) is 43.8 Å². The van der Waals surface area contributed by atoms with Crippen LogP contribution >= 0.6 is 0 Å². The summed E-state index contributed by atoms with van der Waals surface area (Å²) in [6.07, 6.45) is 3.83. The first-order valence-corrected chi connectivity index (χ1v) is 11.0. The Hall–Kier alpha value is -3.35. The Morgan fingerprint density at radius 1 is 0.969 bits per heavy atom. The molecule has 0 unspecified atom stereocenters. The lowest BCUT2D eigenvalue weighted by Crippen LogP contribution is -2.29. The van der Waals surface area contributed by atoms with Crippen molar-refractivity contribution in [2.45, 2.75) is 25.8 Å². The Balaban J connectivity index is 1.53. The number of benzene rings is 2. The zero-order valence-electron chi connectivity index (χ0n) is 19.2. The van der Waals surface area contributed by atoms with Gasteiger partial charge in [-0.05, 0) is 43.0 Å². The van der Waals surface area contributed by atoms with Gasteiger partial charge in [0.05, 0.1) is 26.8 Å². The molecule has 0 aliphatic carbocycles. The highest BCUT2D eigenvalue weighted by molar-refractivity contribution is 6.02. The molecule has 0 saturated carbocycles. The summed E-state index contributed by atoms with van der Waals surface area (Å²) in [5.74, 6) is 1.59. The van der Waals surface area contributed by atoms with Crippen LogP contribution < -0.4 is 19.1 Å². The topological polar surface area (TPSA) is 67.0 Å². The predicted molar refractivity (Wildman–Crippen MR) is 126 cm³/mol. The van der Waals surface area contributed by atoms with Crippen molar-refractivity contribution >= 4 is 22.5 Å². The Labute approximate surface area is 188 Å². The molecule has 1 N–H and O–H groups in total.